The Hall–Kier alpha value is -3.13. The molecule has 0 aliphatic rings. The van der Waals surface area contributed by atoms with Crippen LogP contribution in [0, 0.1) is 20.8 Å². The highest BCUT2D eigenvalue weighted by molar-refractivity contribution is 6.30. The second-order valence-electron chi connectivity index (χ2n) is 5.86. The maximum atomic E-state index is 12.4. The van der Waals surface area contributed by atoms with Gasteiger partial charge in [0, 0.05) is 16.3 Å². The van der Waals surface area contributed by atoms with Crippen LogP contribution in [-0.4, -0.2) is 20.9 Å². The van der Waals surface area contributed by atoms with Crippen LogP contribution in [0.4, 0.5) is 17.6 Å². The van der Waals surface area contributed by atoms with Crippen LogP contribution in [0.5, 0.6) is 0 Å². The average Bonchev–Trinajstić information content (AvgIpc) is 2.87. The normalized spacial score (nSPS) is 10.7. The Balaban J connectivity index is 1.72. The average molecular weight is 388 g/mol. The molecule has 140 valence electrons. The number of nitrogens with two attached hydrogens (primary N) is 1. The number of nitrogens with one attached hydrogen (secondary N) is 1. The minimum absolute atomic E-state index is 0.0130. The number of aryl methyl sites for hydroxylation is 2. The molecule has 3 rings (SSSR count). The van der Waals surface area contributed by atoms with Crippen LogP contribution >= 0.6 is 11.6 Å². The molecule has 2 aromatic heterocycles. The summed E-state index contributed by atoms with van der Waals surface area (Å²) in [4.78, 5) is 24.6. The SMILES string of the molecule is Cc1oc(C)c(C(=O)OCc2nc(N)nc(Nc3ccc(Cl)cc3)n2)c1C. The number of ether oxygens (including phenoxy) is 1. The number of carbonyl (C=O) groups is 1. The molecule has 0 aliphatic carbocycles. The topological polar surface area (TPSA) is 116 Å². The first-order valence-electron chi connectivity index (χ1n) is 8.10. The first kappa shape index (κ1) is 18.7. The molecule has 0 atom stereocenters. The molecule has 8 nitrogen and oxygen atoms in total. The highest BCUT2D eigenvalue weighted by Crippen LogP contribution is 2.22. The standard InChI is InChI=1S/C18H18ClN5O3/c1-9-10(2)27-11(3)15(9)16(25)26-8-14-22-17(20)24-18(23-14)21-13-6-4-12(19)5-7-13/h4-7H,8H2,1-3H3,(H3,20,21,22,23,24). The Labute approximate surface area is 160 Å². The van der Waals surface area contributed by atoms with Gasteiger partial charge in [-0.2, -0.15) is 15.0 Å². The molecule has 9 heteroatoms. The molecular formula is C18H18ClN5O3. The van der Waals surface area contributed by atoms with Gasteiger partial charge in [-0.3, -0.25) is 0 Å². The first-order valence-corrected chi connectivity index (χ1v) is 8.48. The number of furan rings is 1. The van der Waals surface area contributed by atoms with E-state index in [-0.39, 0.29) is 24.3 Å². The molecule has 2 heterocycles. The van der Waals surface area contributed by atoms with Gasteiger partial charge in [0.05, 0.1) is 0 Å². The van der Waals surface area contributed by atoms with Gasteiger partial charge in [-0.1, -0.05) is 11.6 Å². The lowest BCUT2D eigenvalue weighted by atomic mass is 10.1. The molecule has 1 aromatic carbocycles. The summed E-state index contributed by atoms with van der Waals surface area (Å²) in [6.45, 7) is 5.16. The molecule has 0 saturated heterocycles. The smallest absolute Gasteiger partial charge is 0.342 e. The van der Waals surface area contributed by atoms with Crippen molar-refractivity contribution in [3.8, 4) is 0 Å². The van der Waals surface area contributed by atoms with E-state index in [0.717, 1.165) is 11.3 Å². The van der Waals surface area contributed by atoms with Gasteiger partial charge in [-0.25, -0.2) is 4.79 Å². The Morgan fingerprint density at radius 3 is 2.48 bits per heavy atom. The third-order valence-corrected chi connectivity index (χ3v) is 4.15. The molecule has 0 bridgehead atoms. The zero-order valence-electron chi connectivity index (χ0n) is 15.0. The van der Waals surface area contributed by atoms with Crippen molar-refractivity contribution in [2.24, 2.45) is 0 Å². The minimum Gasteiger partial charge on any atom is -0.465 e. The summed E-state index contributed by atoms with van der Waals surface area (Å²) in [7, 11) is 0. The number of halogens is 1. The molecule has 0 spiro atoms. The summed E-state index contributed by atoms with van der Waals surface area (Å²) < 4.78 is 10.8. The van der Waals surface area contributed by atoms with E-state index in [4.69, 9.17) is 26.5 Å². The second kappa shape index (κ2) is 7.63. The van der Waals surface area contributed by atoms with Gasteiger partial charge in [0.1, 0.15) is 17.1 Å². The van der Waals surface area contributed by atoms with Crippen LogP contribution in [-0.2, 0) is 11.3 Å². The van der Waals surface area contributed by atoms with E-state index in [1.165, 1.54) is 0 Å². The molecule has 27 heavy (non-hydrogen) atoms. The molecule has 0 aliphatic heterocycles. The largest absolute Gasteiger partial charge is 0.465 e. The van der Waals surface area contributed by atoms with E-state index < -0.39 is 5.97 Å². The summed E-state index contributed by atoms with van der Waals surface area (Å²) in [6.07, 6.45) is 0. The Morgan fingerprint density at radius 2 is 1.85 bits per heavy atom. The van der Waals surface area contributed by atoms with E-state index >= 15 is 0 Å². The van der Waals surface area contributed by atoms with Gasteiger partial charge in [0.2, 0.25) is 11.9 Å². The van der Waals surface area contributed by atoms with E-state index in [1.54, 1.807) is 45.0 Å². The van der Waals surface area contributed by atoms with Crippen molar-refractivity contribution in [3.05, 3.63) is 57.8 Å². The fraction of sp³-hybridized carbons (Fsp3) is 0.222. The van der Waals surface area contributed by atoms with Crippen molar-refractivity contribution in [3.63, 3.8) is 0 Å². The van der Waals surface area contributed by atoms with Crippen LogP contribution in [0.25, 0.3) is 0 Å². The molecule has 3 aromatic rings. The van der Waals surface area contributed by atoms with Crippen LogP contribution in [0.15, 0.2) is 28.7 Å². The number of nitrogens with zero attached hydrogens (tertiary/aromatic N) is 3. The van der Waals surface area contributed by atoms with Crippen molar-refractivity contribution in [1.29, 1.82) is 0 Å². The molecule has 0 radical (unpaired) electrons. The van der Waals surface area contributed by atoms with Crippen LogP contribution in [0.3, 0.4) is 0 Å². The van der Waals surface area contributed by atoms with E-state index in [0.29, 0.717) is 22.1 Å². The number of nitrogen functional groups attached to an aromatic ring is 1. The highest BCUT2D eigenvalue weighted by Gasteiger charge is 2.20. The third-order valence-electron chi connectivity index (χ3n) is 3.90. The zero-order valence-corrected chi connectivity index (χ0v) is 15.8. The Morgan fingerprint density at radius 1 is 1.15 bits per heavy atom. The zero-order chi connectivity index (χ0) is 19.6. The van der Waals surface area contributed by atoms with Gasteiger partial charge in [0.15, 0.2) is 12.4 Å². The number of carbonyl (C=O) groups excluding carboxylic acids is 1. The number of anilines is 3. The summed E-state index contributed by atoms with van der Waals surface area (Å²) >= 11 is 5.87. The molecule has 3 N–H and O–H groups in total. The van der Waals surface area contributed by atoms with E-state index in [1.807, 2.05) is 0 Å². The third kappa shape index (κ3) is 4.35. The van der Waals surface area contributed by atoms with Crippen LogP contribution in [0.2, 0.25) is 5.02 Å². The van der Waals surface area contributed by atoms with Gasteiger partial charge >= 0.3 is 5.97 Å². The van der Waals surface area contributed by atoms with Gasteiger partial charge in [0.25, 0.3) is 0 Å². The maximum Gasteiger partial charge on any atom is 0.342 e. The lowest BCUT2D eigenvalue weighted by molar-refractivity contribution is 0.0459. The lowest BCUT2D eigenvalue weighted by Gasteiger charge is -2.08. The van der Waals surface area contributed by atoms with E-state index in [2.05, 4.69) is 20.3 Å². The monoisotopic (exact) mass is 387 g/mol. The van der Waals surface area contributed by atoms with E-state index in [9.17, 15) is 4.79 Å². The number of esters is 1. The van der Waals surface area contributed by atoms with Crippen molar-refractivity contribution in [1.82, 2.24) is 15.0 Å². The fourth-order valence-corrected chi connectivity index (χ4v) is 2.64. The fourth-order valence-electron chi connectivity index (χ4n) is 2.52. The number of aromatic nitrogens is 3. The predicted octanol–water partition coefficient (Wildman–Crippen LogP) is 3.73. The number of benzene rings is 1. The highest BCUT2D eigenvalue weighted by atomic mass is 35.5. The molecule has 0 amide bonds. The summed E-state index contributed by atoms with van der Waals surface area (Å²) in [5.41, 5.74) is 7.62. The van der Waals surface area contributed by atoms with Crippen molar-refractivity contribution in [2.45, 2.75) is 27.4 Å². The van der Waals surface area contributed by atoms with Crippen LogP contribution in [0.1, 0.15) is 33.3 Å². The lowest BCUT2D eigenvalue weighted by Crippen LogP contribution is -2.12. The quantitative estimate of drug-likeness (QED) is 0.636. The summed E-state index contributed by atoms with van der Waals surface area (Å²) in [5.74, 6) is 1.16. The van der Waals surface area contributed by atoms with Crippen molar-refractivity contribution >= 4 is 35.2 Å². The summed E-state index contributed by atoms with van der Waals surface area (Å²) in [5, 5.41) is 3.61. The maximum absolute atomic E-state index is 12.4. The first-order chi connectivity index (χ1) is 12.8. The van der Waals surface area contributed by atoms with Crippen molar-refractivity contribution < 1.29 is 13.9 Å². The molecule has 0 fully saturated rings. The molecule has 0 unspecified atom stereocenters. The minimum atomic E-state index is -0.506. The second-order valence-corrected chi connectivity index (χ2v) is 6.29. The Kier molecular flexibility index (Phi) is 5.27. The number of hydrogen-bond acceptors (Lipinski definition) is 8. The molecular weight excluding hydrogens is 370 g/mol. The van der Waals surface area contributed by atoms with Gasteiger partial charge in [-0.15, -0.1) is 0 Å². The van der Waals surface area contributed by atoms with Gasteiger partial charge in [-0.05, 0) is 45.0 Å². The van der Waals surface area contributed by atoms with Crippen LogP contribution < -0.4 is 11.1 Å². The Bertz CT molecular complexity index is 985. The molecule has 0 saturated carbocycles. The summed E-state index contributed by atoms with van der Waals surface area (Å²) in [6, 6.07) is 7.01. The number of hydrogen-bond donors (Lipinski definition) is 2. The van der Waals surface area contributed by atoms with Crippen molar-refractivity contribution in [2.75, 3.05) is 11.1 Å². The van der Waals surface area contributed by atoms with Gasteiger partial charge < -0.3 is 20.2 Å². The predicted molar refractivity (Wildman–Crippen MR) is 101 cm³/mol. The number of rotatable bonds is 5.